The predicted octanol–water partition coefficient (Wildman–Crippen LogP) is -1.25. The molecule has 5 nitrogen and oxygen atoms in total. The Balaban J connectivity index is 2.47. The van der Waals surface area contributed by atoms with Crippen molar-refractivity contribution in [2.45, 2.75) is 12.1 Å². The van der Waals surface area contributed by atoms with Crippen LogP contribution in [0.3, 0.4) is 0 Å². The number of nitrogens with zero attached hydrogens (tertiary/aromatic N) is 2. The van der Waals surface area contributed by atoms with Crippen LogP contribution < -0.4 is 5.32 Å². The van der Waals surface area contributed by atoms with Gasteiger partial charge < -0.3 is 4.48 Å². The molecule has 0 bridgehead atoms. The van der Waals surface area contributed by atoms with Crippen LogP contribution in [0.2, 0.25) is 0 Å². The second kappa shape index (κ2) is 2.55. The van der Waals surface area contributed by atoms with E-state index in [0.29, 0.717) is 4.48 Å². The summed E-state index contributed by atoms with van der Waals surface area (Å²) >= 11 is 0. The Morgan fingerprint density at radius 2 is 2.07 bits per heavy atom. The van der Waals surface area contributed by atoms with Crippen LogP contribution in [0.1, 0.15) is 6.42 Å². The molecule has 1 N–H and O–H groups in total. The van der Waals surface area contributed by atoms with Gasteiger partial charge in [-0.2, -0.15) is 0 Å². The third kappa shape index (κ3) is 0.911. The number of hydrogen-bond acceptors (Lipinski definition) is 3. The fourth-order valence-electron chi connectivity index (χ4n) is 2.60. The number of amides is 2. The average molecular weight is 198 g/mol. The Labute approximate surface area is 83.2 Å². The fraction of sp³-hybridized carbons (Fsp3) is 0.778. The molecule has 0 aromatic rings. The van der Waals surface area contributed by atoms with E-state index in [9.17, 15) is 9.59 Å². The Kier molecular flexibility index (Phi) is 1.75. The first-order chi connectivity index (χ1) is 6.40. The maximum atomic E-state index is 11.8. The van der Waals surface area contributed by atoms with Gasteiger partial charge in [-0.15, -0.1) is 0 Å². The van der Waals surface area contributed by atoms with Gasteiger partial charge in [-0.25, -0.2) is 4.90 Å². The van der Waals surface area contributed by atoms with E-state index in [0.717, 1.165) is 13.1 Å². The first kappa shape index (κ1) is 9.61. The summed E-state index contributed by atoms with van der Waals surface area (Å²) in [5.74, 6) is -0.303. The number of hydrogen-bond donors (Lipinski definition) is 1. The molecule has 0 saturated carbocycles. The number of rotatable bonds is 0. The molecule has 0 radical (unpaired) electrons. The van der Waals surface area contributed by atoms with Gasteiger partial charge in [0.25, 0.3) is 0 Å². The Morgan fingerprint density at radius 1 is 1.43 bits per heavy atom. The summed E-state index contributed by atoms with van der Waals surface area (Å²) in [5.41, 5.74) is -0.656. The first-order valence-electron chi connectivity index (χ1n) is 4.79. The zero-order chi connectivity index (χ0) is 10.6. The van der Waals surface area contributed by atoms with Crippen LogP contribution in [0, 0.1) is 0 Å². The lowest BCUT2D eigenvalue weighted by Crippen LogP contribution is -2.64. The lowest BCUT2D eigenvalue weighted by atomic mass is 10.1. The number of quaternary nitrogens is 1. The fourth-order valence-corrected chi connectivity index (χ4v) is 2.60. The molecule has 0 aromatic carbocycles. The zero-order valence-corrected chi connectivity index (χ0v) is 8.83. The first-order valence-corrected chi connectivity index (χ1v) is 4.79. The van der Waals surface area contributed by atoms with Crippen molar-refractivity contribution in [1.82, 2.24) is 10.2 Å². The molecule has 2 amide bonds. The van der Waals surface area contributed by atoms with E-state index >= 15 is 0 Å². The molecule has 0 aliphatic carbocycles. The molecule has 1 unspecified atom stereocenters. The SMILES string of the molecule is CN1CC[N+](C)(C)C12CC(=O)NC2=O. The monoisotopic (exact) mass is 198 g/mol. The maximum Gasteiger partial charge on any atom is 0.305 e. The minimum atomic E-state index is -0.656. The summed E-state index contributed by atoms with van der Waals surface area (Å²) in [6.07, 6.45) is 0.287. The molecule has 2 aliphatic rings. The molecule has 14 heavy (non-hydrogen) atoms. The van der Waals surface area contributed by atoms with Crippen molar-refractivity contribution in [2.24, 2.45) is 0 Å². The van der Waals surface area contributed by atoms with E-state index in [1.165, 1.54) is 0 Å². The predicted molar refractivity (Wildman–Crippen MR) is 50.1 cm³/mol. The molecule has 2 aliphatic heterocycles. The molecule has 2 fully saturated rings. The van der Waals surface area contributed by atoms with Gasteiger partial charge in [-0.3, -0.25) is 14.9 Å². The van der Waals surface area contributed by atoms with Crippen molar-refractivity contribution < 1.29 is 14.1 Å². The Morgan fingerprint density at radius 3 is 2.43 bits per heavy atom. The smallest absolute Gasteiger partial charge is 0.301 e. The molecule has 2 heterocycles. The van der Waals surface area contributed by atoms with Crippen molar-refractivity contribution in [2.75, 3.05) is 34.2 Å². The quantitative estimate of drug-likeness (QED) is 0.391. The highest BCUT2D eigenvalue weighted by atomic mass is 16.2. The number of imide groups is 1. The molecule has 0 aromatic heterocycles. The summed E-state index contributed by atoms with van der Waals surface area (Å²) < 4.78 is 0.571. The van der Waals surface area contributed by atoms with Crippen molar-refractivity contribution in [1.29, 1.82) is 0 Å². The van der Waals surface area contributed by atoms with Crippen molar-refractivity contribution in [3.8, 4) is 0 Å². The van der Waals surface area contributed by atoms with Crippen LogP contribution >= 0.6 is 0 Å². The average Bonchev–Trinajstić information content (AvgIpc) is 2.47. The summed E-state index contributed by atoms with van der Waals surface area (Å²) in [5, 5.41) is 2.40. The van der Waals surface area contributed by atoms with Crippen LogP contribution in [0.4, 0.5) is 0 Å². The molecule has 5 heteroatoms. The molecule has 2 rings (SSSR count). The molecule has 1 spiro atoms. The largest absolute Gasteiger partial charge is 0.305 e. The van der Waals surface area contributed by atoms with Gasteiger partial charge in [-0.1, -0.05) is 0 Å². The summed E-state index contributed by atoms with van der Waals surface area (Å²) in [6.45, 7) is 1.75. The Bertz CT molecular complexity index is 313. The highest BCUT2D eigenvalue weighted by Gasteiger charge is 2.64. The van der Waals surface area contributed by atoms with Gasteiger partial charge in [0.1, 0.15) is 6.42 Å². The van der Waals surface area contributed by atoms with E-state index in [4.69, 9.17) is 0 Å². The third-order valence-electron chi connectivity index (χ3n) is 3.65. The number of carbonyl (C=O) groups excluding carboxylic acids is 2. The van der Waals surface area contributed by atoms with E-state index in [-0.39, 0.29) is 18.2 Å². The maximum absolute atomic E-state index is 11.8. The van der Waals surface area contributed by atoms with E-state index in [2.05, 4.69) is 5.32 Å². The lowest BCUT2D eigenvalue weighted by Gasteiger charge is -2.39. The van der Waals surface area contributed by atoms with E-state index < -0.39 is 5.66 Å². The van der Waals surface area contributed by atoms with Crippen LogP contribution in [0.25, 0.3) is 0 Å². The van der Waals surface area contributed by atoms with E-state index in [1.54, 1.807) is 0 Å². The van der Waals surface area contributed by atoms with E-state index in [1.807, 2.05) is 26.0 Å². The number of nitrogens with one attached hydrogen (secondary N) is 1. The molecule has 78 valence electrons. The summed E-state index contributed by atoms with van der Waals surface area (Å²) in [7, 11) is 5.91. The minimum Gasteiger partial charge on any atom is -0.301 e. The van der Waals surface area contributed by atoms with Gasteiger partial charge in [0.2, 0.25) is 11.6 Å². The van der Waals surface area contributed by atoms with Crippen LogP contribution in [0.15, 0.2) is 0 Å². The molecular weight excluding hydrogens is 182 g/mol. The number of likely N-dealkylation sites (N-methyl/N-ethyl adjacent to an activating group) is 2. The highest BCUT2D eigenvalue weighted by Crippen LogP contribution is 2.36. The van der Waals surface area contributed by atoms with Crippen LogP contribution in [-0.4, -0.2) is 61.1 Å². The van der Waals surface area contributed by atoms with Crippen LogP contribution in [-0.2, 0) is 9.59 Å². The van der Waals surface area contributed by atoms with Gasteiger partial charge in [-0.05, 0) is 7.05 Å². The zero-order valence-electron chi connectivity index (χ0n) is 8.83. The van der Waals surface area contributed by atoms with Gasteiger partial charge in [0.05, 0.1) is 27.2 Å². The van der Waals surface area contributed by atoms with Crippen molar-refractivity contribution in [3.05, 3.63) is 0 Å². The van der Waals surface area contributed by atoms with Crippen molar-refractivity contribution >= 4 is 11.8 Å². The van der Waals surface area contributed by atoms with Crippen LogP contribution in [0.5, 0.6) is 0 Å². The molecular formula is C9H16N3O2+. The number of carbonyl (C=O) groups is 2. The second-order valence-corrected chi connectivity index (χ2v) is 4.70. The summed E-state index contributed by atoms with van der Waals surface area (Å²) in [6, 6.07) is 0. The normalized spacial score (nSPS) is 36.8. The molecule has 2 saturated heterocycles. The van der Waals surface area contributed by atoms with Gasteiger partial charge in [0, 0.05) is 0 Å². The lowest BCUT2D eigenvalue weighted by molar-refractivity contribution is -0.923. The Hall–Kier alpha value is -0.940. The third-order valence-corrected chi connectivity index (χ3v) is 3.65. The van der Waals surface area contributed by atoms with Gasteiger partial charge in [0.15, 0.2) is 0 Å². The summed E-state index contributed by atoms with van der Waals surface area (Å²) in [4.78, 5) is 25.1. The minimum absolute atomic E-state index is 0.146. The topological polar surface area (TPSA) is 49.4 Å². The second-order valence-electron chi connectivity index (χ2n) is 4.70. The highest BCUT2D eigenvalue weighted by molar-refractivity contribution is 6.07. The standard InChI is InChI=1S/C9H15N3O2/c1-11-4-5-12(2,3)9(11)6-7(13)10-8(9)14/h4-6H2,1-3H3/p+1. The van der Waals surface area contributed by atoms with Crippen molar-refractivity contribution in [3.63, 3.8) is 0 Å². The molecule has 1 atom stereocenters. The van der Waals surface area contributed by atoms with Gasteiger partial charge >= 0.3 is 5.91 Å².